The van der Waals surface area contributed by atoms with Crippen LogP contribution in [0.25, 0.3) is 0 Å². The highest BCUT2D eigenvalue weighted by Gasteiger charge is 2.14. The van der Waals surface area contributed by atoms with Gasteiger partial charge >= 0.3 is 11.9 Å². The number of carbonyl (C=O) groups is 2. The Labute approximate surface area is 117 Å². The summed E-state index contributed by atoms with van der Waals surface area (Å²) < 4.78 is 5.15. The van der Waals surface area contributed by atoms with Gasteiger partial charge in [-0.1, -0.05) is 15.9 Å². The Morgan fingerprint density at radius 3 is 2.74 bits per heavy atom. The number of carboxylic acid groups (broad SMARTS) is 1. The van der Waals surface area contributed by atoms with Gasteiger partial charge in [0.05, 0.1) is 24.4 Å². The van der Waals surface area contributed by atoms with Gasteiger partial charge < -0.3 is 15.2 Å². The number of carbonyl (C=O) groups excluding carboxylic acids is 1. The van der Waals surface area contributed by atoms with E-state index in [4.69, 9.17) is 10.4 Å². The predicted molar refractivity (Wildman–Crippen MR) is 70.2 cm³/mol. The van der Waals surface area contributed by atoms with Crippen molar-refractivity contribution in [3.8, 4) is 6.07 Å². The van der Waals surface area contributed by atoms with Crippen LogP contribution in [-0.2, 0) is 14.3 Å². The third kappa shape index (κ3) is 4.12. The van der Waals surface area contributed by atoms with Gasteiger partial charge in [0, 0.05) is 4.47 Å². The molecule has 7 heteroatoms. The number of nitriles is 1. The molecule has 0 aliphatic carbocycles. The summed E-state index contributed by atoms with van der Waals surface area (Å²) in [6.07, 6.45) is 0.676. The van der Waals surface area contributed by atoms with Crippen LogP contribution in [0.2, 0.25) is 0 Å². The molecule has 6 nitrogen and oxygen atoms in total. The number of rotatable bonds is 4. The van der Waals surface area contributed by atoms with Crippen LogP contribution in [0.1, 0.15) is 5.56 Å². The number of nitrogens with one attached hydrogen (secondary N) is 1. The van der Waals surface area contributed by atoms with E-state index in [1.54, 1.807) is 12.1 Å². The molecule has 0 bridgehead atoms. The molecule has 0 aromatic heterocycles. The Kier molecular flexibility index (Phi) is 5.09. The smallest absolute Gasteiger partial charge is 0.354 e. The van der Waals surface area contributed by atoms with Crippen LogP contribution in [0.5, 0.6) is 0 Å². The molecule has 0 amide bonds. The van der Waals surface area contributed by atoms with Crippen LogP contribution in [0, 0.1) is 11.3 Å². The number of halogens is 1. The predicted octanol–water partition coefficient (Wildman–Crippen LogP) is 1.87. The monoisotopic (exact) mass is 324 g/mol. The van der Waals surface area contributed by atoms with Crippen molar-refractivity contribution in [3.05, 3.63) is 40.0 Å². The molecule has 0 aliphatic rings. The fourth-order valence-corrected chi connectivity index (χ4v) is 1.60. The van der Waals surface area contributed by atoms with Crippen molar-refractivity contribution in [2.24, 2.45) is 0 Å². The minimum atomic E-state index is -1.30. The fraction of sp³-hybridized carbons (Fsp3) is 0.0833. The van der Waals surface area contributed by atoms with E-state index in [2.05, 4.69) is 26.0 Å². The van der Waals surface area contributed by atoms with Gasteiger partial charge in [0.15, 0.2) is 0 Å². The lowest BCUT2D eigenvalue weighted by atomic mass is 10.2. The summed E-state index contributed by atoms with van der Waals surface area (Å²) in [5, 5.41) is 20.2. The van der Waals surface area contributed by atoms with E-state index in [0.717, 1.165) is 7.11 Å². The summed E-state index contributed by atoms with van der Waals surface area (Å²) in [4.78, 5) is 22.0. The van der Waals surface area contributed by atoms with Gasteiger partial charge in [0.25, 0.3) is 0 Å². The number of carboxylic acids is 1. The number of hydrogen-bond acceptors (Lipinski definition) is 5. The Morgan fingerprint density at radius 2 is 2.21 bits per heavy atom. The maximum atomic E-state index is 11.4. The zero-order valence-corrected chi connectivity index (χ0v) is 11.4. The molecule has 0 saturated heterocycles. The van der Waals surface area contributed by atoms with E-state index in [1.165, 1.54) is 6.07 Å². The molecule has 0 radical (unpaired) electrons. The minimum absolute atomic E-state index is 0.259. The van der Waals surface area contributed by atoms with Crippen molar-refractivity contribution in [2.75, 3.05) is 12.4 Å². The number of nitrogens with zero attached hydrogens (tertiary/aromatic N) is 1. The number of hydrogen-bond donors (Lipinski definition) is 2. The number of esters is 1. The second-order valence-electron chi connectivity index (χ2n) is 3.31. The molecule has 1 rings (SSSR count). The lowest BCUT2D eigenvalue weighted by molar-refractivity contribution is -0.137. The van der Waals surface area contributed by atoms with Crippen LogP contribution in [0.4, 0.5) is 5.69 Å². The third-order valence-corrected chi connectivity index (χ3v) is 2.54. The molecular formula is C12H9BrN2O4. The molecule has 1 aromatic rings. The van der Waals surface area contributed by atoms with E-state index < -0.39 is 11.9 Å². The van der Waals surface area contributed by atoms with Gasteiger partial charge in [-0.3, -0.25) is 0 Å². The van der Waals surface area contributed by atoms with Crippen molar-refractivity contribution >= 4 is 33.6 Å². The normalized spacial score (nSPS) is 10.5. The summed E-state index contributed by atoms with van der Waals surface area (Å²) in [5.41, 5.74) is 0.298. The van der Waals surface area contributed by atoms with E-state index in [1.807, 2.05) is 6.07 Å². The minimum Gasteiger partial charge on any atom is -0.478 e. The SMILES string of the molecule is COC(=O)C(=CC(=O)O)Nc1ccc(Br)cc1C#N. The third-order valence-electron chi connectivity index (χ3n) is 2.04. The van der Waals surface area contributed by atoms with Crippen LogP contribution >= 0.6 is 15.9 Å². The van der Waals surface area contributed by atoms with Crippen LogP contribution in [0.3, 0.4) is 0 Å². The van der Waals surface area contributed by atoms with E-state index in [0.29, 0.717) is 16.2 Å². The van der Waals surface area contributed by atoms with Crippen molar-refractivity contribution in [3.63, 3.8) is 0 Å². The largest absolute Gasteiger partial charge is 0.478 e. The fourth-order valence-electron chi connectivity index (χ4n) is 1.24. The molecule has 0 fully saturated rings. The van der Waals surface area contributed by atoms with E-state index in [9.17, 15) is 9.59 Å². The first-order valence-corrected chi connectivity index (χ1v) is 5.77. The molecule has 19 heavy (non-hydrogen) atoms. The lowest BCUT2D eigenvalue weighted by Gasteiger charge is -2.10. The van der Waals surface area contributed by atoms with Gasteiger partial charge in [0.2, 0.25) is 0 Å². The zero-order valence-electron chi connectivity index (χ0n) is 9.81. The van der Waals surface area contributed by atoms with Gasteiger partial charge in [-0.15, -0.1) is 0 Å². The Bertz CT molecular complexity index is 590. The molecule has 0 unspecified atom stereocenters. The molecule has 98 valence electrons. The zero-order chi connectivity index (χ0) is 14.4. The summed E-state index contributed by atoms with van der Waals surface area (Å²) in [7, 11) is 1.13. The number of benzene rings is 1. The van der Waals surface area contributed by atoms with Gasteiger partial charge in [-0.25, -0.2) is 9.59 Å². The molecule has 0 atom stereocenters. The van der Waals surface area contributed by atoms with Crippen molar-refractivity contribution in [2.45, 2.75) is 0 Å². The molecular weight excluding hydrogens is 316 g/mol. The van der Waals surface area contributed by atoms with Crippen molar-refractivity contribution < 1.29 is 19.4 Å². The highest BCUT2D eigenvalue weighted by atomic mass is 79.9. The molecule has 2 N–H and O–H groups in total. The maximum absolute atomic E-state index is 11.4. The Hall–Kier alpha value is -2.33. The van der Waals surface area contributed by atoms with Gasteiger partial charge in [0.1, 0.15) is 11.8 Å². The molecule has 0 heterocycles. The second-order valence-corrected chi connectivity index (χ2v) is 4.23. The number of methoxy groups -OCH3 is 1. The van der Waals surface area contributed by atoms with Crippen LogP contribution in [-0.4, -0.2) is 24.2 Å². The maximum Gasteiger partial charge on any atom is 0.354 e. The first-order chi connectivity index (χ1) is 8.97. The average Bonchev–Trinajstić information content (AvgIpc) is 2.38. The molecule has 0 aliphatic heterocycles. The van der Waals surface area contributed by atoms with Crippen LogP contribution in [0.15, 0.2) is 34.4 Å². The first-order valence-electron chi connectivity index (χ1n) is 4.97. The number of aliphatic carboxylic acids is 1. The first kappa shape index (κ1) is 14.7. The highest BCUT2D eigenvalue weighted by molar-refractivity contribution is 9.10. The highest BCUT2D eigenvalue weighted by Crippen LogP contribution is 2.21. The lowest BCUT2D eigenvalue weighted by Crippen LogP contribution is -2.15. The standard InChI is InChI=1S/C12H9BrN2O4/c1-19-12(18)10(5-11(16)17)15-9-3-2-8(13)4-7(9)6-14/h2-5,15H,1H3,(H,16,17). The molecule has 0 saturated carbocycles. The van der Waals surface area contributed by atoms with Gasteiger partial charge in [-0.05, 0) is 18.2 Å². The topological polar surface area (TPSA) is 99.4 Å². The van der Waals surface area contributed by atoms with E-state index in [-0.39, 0.29) is 11.3 Å². The van der Waals surface area contributed by atoms with Gasteiger partial charge in [-0.2, -0.15) is 5.26 Å². The Morgan fingerprint density at radius 1 is 1.53 bits per heavy atom. The Balaban J connectivity index is 3.14. The quantitative estimate of drug-likeness (QED) is 0.648. The number of anilines is 1. The number of ether oxygens (including phenoxy) is 1. The van der Waals surface area contributed by atoms with E-state index >= 15 is 0 Å². The van der Waals surface area contributed by atoms with Crippen molar-refractivity contribution in [1.29, 1.82) is 5.26 Å². The summed E-state index contributed by atoms with van der Waals surface area (Å²) in [6.45, 7) is 0. The molecule has 1 aromatic carbocycles. The molecule has 0 spiro atoms. The van der Waals surface area contributed by atoms with Crippen LogP contribution < -0.4 is 5.32 Å². The second kappa shape index (κ2) is 6.56. The summed E-state index contributed by atoms with van der Waals surface area (Å²) in [5.74, 6) is -2.14. The summed E-state index contributed by atoms with van der Waals surface area (Å²) in [6, 6.07) is 6.67. The average molecular weight is 325 g/mol. The summed E-state index contributed by atoms with van der Waals surface area (Å²) >= 11 is 3.21. The van der Waals surface area contributed by atoms with Crippen molar-refractivity contribution in [1.82, 2.24) is 0 Å².